The van der Waals surface area contributed by atoms with Gasteiger partial charge in [-0.05, 0) is 32.4 Å². The van der Waals surface area contributed by atoms with Crippen molar-refractivity contribution in [1.82, 2.24) is 10.6 Å². The van der Waals surface area contributed by atoms with E-state index in [4.69, 9.17) is 11.6 Å². The molecule has 1 aromatic rings. The standard InChI is InChI=1S/C13H22ClN3OS/c1-4-9(3)17-13(15-5-2)16-8-10(18)11-6-7-12(14)19-11/h6-7,9-10,18H,4-5,8H2,1-3H3,(H2,15,16,17). The van der Waals surface area contributed by atoms with Crippen molar-refractivity contribution in [1.29, 1.82) is 0 Å². The van der Waals surface area contributed by atoms with E-state index in [1.54, 1.807) is 6.07 Å². The summed E-state index contributed by atoms with van der Waals surface area (Å²) in [4.78, 5) is 5.24. The Hall–Kier alpha value is -0.780. The van der Waals surface area contributed by atoms with Crippen LogP contribution in [0.1, 0.15) is 38.2 Å². The van der Waals surface area contributed by atoms with Gasteiger partial charge in [-0.1, -0.05) is 18.5 Å². The number of nitrogens with one attached hydrogen (secondary N) is 2. The molecule has 1 heterocycles. The average molecular weight is 304 g/mol. The maximum atomic E-state index is 10.0. The maximum absolute atomic E-state index is 10.0. The number of hydrogen-bond acceptors (Lipinski definition) is 3. The highest BCUT2D eigenvalue weighted by molar-refractivity contribution is 7.16. The number of halogens is 1. The van der Waals surface area contributed by atoms with Gasteiger partial charge in [-0.15, -0.1) is 11.3 Å². The van der Waals surface area contributed by atoms with Gasteiger partial charge in [0.05, 0.1) is 10.9 Å². The fourth-order valence-corrected chi connectivity index (χ4v) is 2.47. The molecule has 6 heteroatoms. The molecule has 0 amide bonds. The zero-order valence-electron chi connectivity index (χ0n) is 11.6. The van der Waals surface area contributed by atoms with Gasteiger partial charge in [-0.25, -0.2) is 0 Å². The lowest BCUT2D eigenvalue weighted by molar-refractivity contribution is 0.191. The van der Waals surface area contributed by atoms with Crippen LogP contribution in [0, 0.1) is 0 Å². The third-order valence-electron chi connectivity index (χ3n) is 2.68. The van der Waals surface area contributed by atoms with Gasteiger partial charge in [0.15, 0.2) is 5.96 Å². The van der Waals surface area contributed by atoms with Gasteiger partial charge in [0, 0.05) is 17.5 Å². The Labute approximate surface area is 123 Å². The van der Waals surface area contributed by atoms with E-state index in [0.29, 0.717) is 16.9 Å². The number of hydrogen-bond donors (Lipinski definition) is 3. The summed E-state index contributed by atoms with van der Waals surface area (Å²) >= 11 is 7.24. The fraction of sp³-hybridized carbons (Fsp3) is 0.615. The molecule has 0 aliphatic carbocycles. The first-order valence-electron chi connectivity index (χ1n) is 6.54. The van der Waals surface area contributed by atoms with Crippen LogP contribution in [-0.4, -0.2) is 30.2 Å². The van der Waals surface area contributed by atoms with Gasteiger partial charge in [-0.3, -0.25) is 4.99 Å². The van der Waals surface area contributed by atoms with Gasteiger partial charge < -0.3 is 15.7 Å². The van der Waals surface area contributed by atoms with Gasteiger partial charge >= 0.3 is 0 Å². The lowest BCUT2D eigenvalue weighted by atomic mass is 10.3. The van der Waals surface area contributed by atoms with Crippen molar-refractivity contribution in [3.8, 4) is 0 Å². The highest BCUT2D eigenvalue weighted by Gasteiger charge is 2.10. The quantitative estimate of drug-likeness (QED) is 0.559. The minimum Gasteiger partial charge on any atom is -0.386 e. The molecule has 1 rings (SSSR count). The minimum absolute atomic E-state index is 0.322. The molecule has 0 bridgehead atoms. The van der Waals surface area contributed by atoms with Crippen LogP contribution in [0.2, 0.25) is 4.34 Å². The van der Waals surface area contributed by atoms with E-state index in [-0.39, 0.29) is 0 Å². The van der Waals surface area contributed by atoms with Gasteiger partial charge in [-0.2, -0.15) is 0 Å². The molecule has 0 saturated carbocycles. The van der Waals surface area contributed by atoms with Crippen molar-refractivity contribution in [2.75, 3.05) is 13.1 Å². The molecule has 19 heavy (non-hydrogen) atoms. The van der Waals surface area contributed by atoms with Crippen LogP contribution in [0.4, 0.5) is 0 Å². The average Bonchev–Trinajstić information content (AvgIpc) is 2.82. The van der Waals surface area contributed by atoms with Crippen molar-refractivity contribution in [2.24, 2.45) is 4.99 Å². The summed E-state index contributed by atoms with van der Waals surface area (Å²) in [6, 6.07) is 3.98. The van der Waals surface area contributed by atoms with Crippen molar-refractivity contribution in [3.63, 3.8) is 0 Å². The van der Waals surface area contributed by atoms with Crippen LogP contribution in [0.3, 0.4) is 0 Å². The second-order valence-corrected chi connectivity index (χ2v) is 6.08. The van der Waals surface area contributed by atoms with Crippen LogP contribution >= 0.6 is 22.9 Å². The number of guanidine groups is 1. The van der Waals surface area contributed by atoms with Crippen LogP contribution in [0.15, 0.2) is 17.1 Å². The van der Waals surface area contributed by atoms with E-state index >= 15 is 0 Å². The van der Waals surface area contributed by atoms with E-state index in [0.717, 1.165) is 23.8 Å². The highest BCUT2D eigenvalue weighted by Crippen LogP contribution is 2.26. The largest absolute Gasteiger partial charge is 0.386 e. The predicted molar refractivity (Wildman–Crippen MR) is 83.2 cm³/mol. The molecule has 0 aliphatic heterocycles. The molecular weight excluding hydrogens is 282 g/mol. The van der Waals surface area contributed by atoms with Crippen LogP contribution < -0.4 is 10.6 Å². The smallest absolute Gasteiger partial charge is 0.191 e. The summed E-state index contributed by atoms with van der Waals surface area (Å²) in [6.07, 6.45) is 0.415. The maximum Gasteiger partial charge on any atom is 0.191 e. The monoisotopic (exact) mass is 303 g/mol. The third-order valence-corrected chi connectivity index (χ3v) is 4.02. The van der Waals surface area contributed by atoms with Crippen molar-refractivity contribution >= 4 is 28.9 Å². The first-order chi connectivity index (χ1) is 9.06. The zero-order valence-corrected chi connectivity index (χ0v) is 13.2. The van der Waals surface area contributed by atoms with Gasteiger partial charge in [0.2, 0.25) is 0 Å². The molecule has 2 atom stereocenters. The Bertz CT molecular complexity index is 408. The summed E-state index contributed by atoms with van der Waals surface area (Å²) in [7, 11) is 0. The second-order valence-electron chi connectivity index (χ2n) is 4.33. The molecule has 1 aromatic heterocycles. The third kappa shape index (κ3) is 5.80. The first kappa shape index (κ1) is 16.3. The predicted octanol–water partition coefficient (Wildman–Crippen LogP) is 2.79. The Balaban J connectivity index is 2.58. The SMILES string of the molecule is CCNC(=NCC(O)c1ccc(Cl)s1)NC(C)CC. The molecule has 4 nitrogen and oxygen atoms in total. The molecular formula is C13H22ClN3OS. The van der Waals surface area contributed by atoms with Crippen molar-refractivity contribution in [2.45, 2.75) is 39.3 Å². The number of thiophene rings is 1. The topological polar surface area (TPSA) is 56.7 Å². The van der Waals surface area contributed by atoms with E-state index in [2.05, 4.69) is 29.5 Å². The minimum atomic E-state index is -0.607. The molecule has 108 valence electrons. The van der Waals surface area contributed by atoms with Crippen molar-refractivity contribution in [3.05, 3.63) is 21.3 Å². The lowest BCUT2D eigenvalue weighted by Gasteiger charge is -2.16. The van der Waals surface area contributed by atoms with Crippen LogP contribution in [0.5, 0.6) is 0 Å². The molecule has 2 unspecified atom stereocenters. The van der Waals surface area contributed by atoms with Crippen molar-refractivity contribution < 1.29 is 5.11 Å². The first-order valence-corrected chi connectivity index (χ1v) is 7.74. The van der Waals surface area contributed by atoms with Gasteiger partial charge in [0.1, 0.15) is 6.10 Å². The molecule has 0 radical (unpaired) electrons. The number of rotatable bonds is 6. The zero-order chi connectivity index (χ0) is 14.3. The number of aliphatic hydroxyl groups is 1. The number of nitrogens with zero attached hydrogens (tertiary/aromatic N) is 1. The van der Waals surface area contributed by atoms with Crippen LogP contribution in [0.25, 0.3) is 0 Å². The highest BCUT2D eigenvalue weighted by atomic mass is 35.5. The summed E-state index contributed by atoms with van der Waals surface area (Å²) in [5.74, 6) is 0.735. The number of aliphatic hydroxyl groups excluding tert-OH is 1. The summed E-state index contributed by atoms with van der Waals surface area (Å²) in [5.41, 5.74) is 0. The molecule has 0 aromatic carbocycles. The van der Waals surface area contributed by atoms with E-state index < -0.39 is 6.10 Å². The Morgan fingerprint density at radius 2 is 2.21 bits per heavy atom. The molecule has 0 aliphatic rings. The summed E-state index contributed by atoms with van der Waals surface area (Å²) in [5, 5.41) is 16.5. The lowest BCUT2D eigenvalue weighted by Crippen LogP contribution is -2.42. The second kappa shape index (κ2) is 8.40. The normalized spacial score (nSPS) is 15.1. The van der Waals surface area contributed by atoms with Crippen LogP contribution in [-0.2, 0) is 0 Å². The van der Waals surface area contributed by atoms with E-state index in [9.17, 15) is 5.11 Å². The van der Waals surface area contributed by atoms with Gasteiger partial charge in [0.25, 0.3) is 0 Å². The molecule has 0 saturated heterocycles. The van der Waals surface area contributed by atoms with E-state index in [1.807, 2.05) is 13.0 Å². The fourth-order valence-electron chi connectivity index (χ4n) is 1.43. The molecule has 3 N–H and O–H groups in total. The summed E-state index contributed by atoms with van der Waals surface area (Å²) < 4.78 is 0.683. The molecule has 0 fully saturated rings. The summed E-state index contributed by atoms with van der Waals surface area (Å²) in [6.45, 7) is 7.35. The Morgan fingerprint density at radius 1 is 1.47 bits per heavy atom. The van der Waals surface area contributed by atoms with E-state index in [1.165, 1.54) is 11.3 Å². The molecule has 0 spiro atoms. The Kier molecular flexibility index (Phi) is 7.20. The Morgan fingerprint density at radius 3 is 2.74 bits per heavy atom. The number of aliphatic imine (C=N–C) groups is 1.